The van der Waals surface area contributed by atoms with Crippen LogP contribution in [0.25, 0.3) is 26.4 Å². The Kier molecular flexibility index (Phi) is 3.47. The van der Waals surface area contributed by atoms with Crippen LogP contribution >= 0.6 is 11.3 Å². The SMILES string of the molecule is CNC(=O)c1ccc(-c2cn3c(n2)sc2cc([N+](=O)[O-])ccc23)cc1. The van der Waals surface area contributed by atoms with Gasteiger partial charge in [0.25, 0.3) is 11.6 Å². The molecule has 0 atom stereocenters. The van der Waals surface area contributed by atoms with Gasteiger partial charge < -0.3 is 5.32 Å². The van der Waals surface area contributed by atoms with E-state index in [-0.39, 0.29) is 11.6 Å². The molecule has 1 amide bonds. The number of hydrogen-bond donors (Lipinski definition) is 1. The van der Waals surface area contributed by atoms with Crippen molar-refractivity contribution in [1.82, 2.24) is 14.7 Å². The molecular formula is C17H12N4O3S. The first-order valence-electron chi connectivity index (χ1n) is 7.45. The number of hydrogen-bond acceptors (Lipinski definition) is 5. The summed E-state index contributed by atoms with van der Waals surface area (Å²) in [6.45, 7) is 0. The Balaban J connectivity index is 1.76. The van der Waals surface area contributed by atoms with Gasteiger partial charge in [0.1, 0.15) is 0 Å². The Labute approximate surface area is 145 Å². The molecule has 0 fully saturated rings. The fraction of sp³-hybridized carbons (Fsp3) is 0.0588. The van der Waals surface area contributed by atoms with Gasteiger partial charge in [0, 0.05) is 36.5 Å². The lowest BCUT2D eigenvalue weighted by molar-refractivity contribution is -0.384. The fourth-order valence-corrected chi connectivity index (χ4v) is 3.72. The number of imidazole rings is 1. The molecule has 124 valence electrons. The van der Waals surface area contributed by atoms with Gasteiger partial charge >= 0.3 is 0 Å². The number of rotatable bonds is 3. The second-order valence-corrected chi connectivity index (χ2v) is 6.46. The highest BCUT2D eigenvalue weighted by Crippen LogP contribution is 2.31. The molecule has 2 aromatic heterocycles. The first-order chi connectivity index (χ1) is 12.1. The van der Waals surface area contributed by atoms with E-state index in [1.807, 2.05) is 22.7 Å². The van der Waals surface area contributed by atoms with Crippen LogP contribution in [-0.2, 0) is 0 Å². The summed E-state index contributed by atoms with van der Waals surface area (Å²) in [4.78, 5) is 27.5. The van der Waals surface area contributed by atoms with E-state index in [2.05, 4.69) is 10.3 Å². The topological polar surface area (TPSA) is 89.5 Å². The fourth-order valence-electron chi connectivity index (χ4n) is 2.68. The minimum atomic E-state index is -0.401. The monoisotopic (exact) mass is 352 g/mol. The van der Waals surface area contributed by atoms with Gasteiger partial charge in [-0.3, -0.25) is 19.3 Å². The maximum absolute atomic E-state index is 11.6. The molecule has 4 aromatic rings. The largest absolute Gasteiger partial charge is 0.355 e. The number of carbonyl (C=O) groups excluding carboxylic acids is 1. The van der Waals surface area contributed by atoms with E-state index in [9.17, 15) is 14.9 Å². The van der Waals surface area contributed by atoms with Crippen molar-refractivity contribution >= 4 is 38.1 Å². The minimum absolute atomic E-state index is 0.0713. The Bertz CT molecular complexity index is 1130. The Hall–Kier alpha value is -3.26. The number of nitrogens with zero attached hydrogens (tertiary/aromatic N) is 3. The summed E-state index contributed by atoms with van der Waals surface area (Å²) in [6, 6.07) is 12.0. The summed E-state index contributed by atoms with van der Waals surface area (Å²) in [5, 5.41) is 13.5. The quantitative estimate of drug-likeness (QED) is 0.451. The van der Waals surface area contributed by atoms with Crippen LogP contribution in [0.5, 0.6) is 0 Å². The molecule has 25 heavy (non-hydrogen) atoms. The molecule has 0 unspecified atom stereocenters. The number of nitro benzene ring substituents is 1. The third kappa shape index (κ3) is 2.52. The van der Waals surface area contributed by atoms with Gasteiger partial charge in [-0.15, -0.1) is 0 Å². The van der Waals surface area contributed by atoms with Gasteiger partial charge in [0.05, 0.1) is 20.8 Å². The Morgan fingerprint density at radius 3 is 2.68 bits per heavy atom. The van der Waals surface area contributed by atoms with Crippen LogP contribution in [0.15, 0.2) is 48.7 Å². The molecule has 0 aliphatic carbocycles. The number of amides is 1. The second kappa shape index (κ2) is 5.67. The summed E-state index contributed by atoms with van der Waals surface area (Å²) in [7, 11) is 1.59. The summed E-state index contributed by atoms with van der Waals surface area (Å²) in [5.41, 5.74) is 3.23. The van der Waals surface area contributed by atoms with Crippen LogP contribution in [-0.4, -0.2) is 27.3 Å². The van der Waals surface area contributed by atoms with Crippen LogP contribution < -0.4 is 5.32 Å². The van der Waals surface area contributed by atoms with Gasteiger partial charge in [-0.05, 0) is 18.2 Å². The van der Waals surface area contributed by atoms with Gasteiger partial charge in [0.2, 0.25) is 0 Å². The van der Waals surface area contributed by atoms with E-state index in [1.165, 1.54) is 17.4 Å². The molecule has 1 N–H and O–H groups in total. The number of thiazole rings is 1. The summed E-state index contributed by atoms with van der Waals surface area (Å²) in [6.07, 6.45) is 1.90. The summed E-state index contributed by atoms with van der Waals surface area (Å²) in [5.74, 6) is -0.134. The third-order valence-corrected chi connectivity index (χ3v) is 4.98. The highest BCUT2D eigenvalue weighted by atomic mass is 32.1. The van der Waals surface area contributed by atoms with Gasteiger partial charge in [-0.2, -0.15) is 0 Å². The number of fused-ring (bicyclic) bond motifs is 3. The molecule has 0 aliphatic rings. The molecule has 0 bridgehead atoms. The smallest absolute Gasteiger partial charge is 0.270 e. The molecule has 0 spiro atoms. The zero-order valence-electron chi connectivity index (χ0n) is 13.1. The zero-order chi connectivity index (χ0) is 17.6. The van der Waals surface area contributed by atoms with E-state index in [0.717, 1.165) is 26.4 Å². The second-order valence-electron chi connectivity index (χ2n) is 5.45. The number of carbonyl (C=O) groups is 1. The molecule has 2 heterocycles. The molecule has 0 saturated heterocycles. The average Bonchev–Trinajstić information content (AvgIpc) is 3.18. The third-order valence-electron chi connectivity index (χ3n) is 3.96. The first-order valence-corrected chi connectivity index (χ1v) is 8.27. The number of aromatic nitrogens is 2. The Morgan fingerprint density at radius 1 is 1.24 bits per heavy atom. The van der Waals surface area contributed by atoms with E-state index in [4.69, 9.17) is 0 Å². The maximum Gasteiger partial charge on any atom is 0.270 e. The van der Waals surface area contributed by atoms with Crippen LogP contribution in [0.1, 0.15) is 10.4 Å². The molecule has 8 heteroatoms. The Morgan fingerprint density at radius 2 is 2.00 bits per heavy atom. The van der Waals surface area contributed by atoms with Gasteiger partial charge in [0.15, 0.2) is 4.96 Å². The standard InChI is InChI=1S/C17H12N4O3S/c1-18-16(22)11-4-2-10(3-5-11)13-9-20-14-7-6-12(21(23)24)8-15(14)25-17(20)19-13/h2-9H,1H3,(H,18,22). The van der Waals surface area contributed by atoms with Gasteiger partial charge in [-0.1, -0.05) is 23.5 Å². The lowest BCUT2D eigenvalue weighted by Crippen LogP contribution is -2.17. The van der Waals surface area contributed by atoms with E-state index in [0.29, 0.717) is 5.56 Å². The highest BCUT2D eigenvalue weighted by molar-refractivity contribution is 7.23. The molecule has 7 nitrogen and oxygen atoms in total. The van der Waals surface area contributed by atoms with E-state index in [1.54, 1.807) is 31.3 Å². The number of non-ortho nitro benzene ring substituents is 1. The summed E-state index contributed by atoms with van der Waals surface area (Å²) >= 11 is 1.40. The maximum atomic E-state index is 11.6. The number of nitro groups is 1. The van der Waals surface area contributed by atoms with Crippen LogP contribution in [0.4, 0.5) is 5.69 Å². The molecule has 0 radical (unpaired) electrons. The lowest BCUT2D eigenvalue weighted by Gasteiger charge is -2.01. The number of benzene rings is 2. The normalized spacial score (nSPS) is 11.1. The van der Waals surface area contributed by atoms with E-state index >= 15 is 0 Å². The van der Waals surface area contributed by atoms with Crippen molar-refractivity contribution < 1.29 is 9.72 Å². The first kappa shape index (κ1) is 15.3. The highest BCUT2D eigenvalue weighted by Gasteiger charge is 2.14. The minimum Gasteiger partial charge on any atom is -0.355 e. The van der Waals surface area contributed by atoms with E-state index < -0.39 is 4.92 Å². The predicted molar refractivity (Wildman–Crippen MR) is 96.1 cm³/mol. The van der Waals surface area contributed by atoms with Crippen molar-refractivity contribution in [3.63, 3.8) is 0 Å². The molecular weight excluding hydrogens is 340 g/mol. The van der Waals surface area contributed by atoms with Crippen molar-refractivity contribution in [2.24, 2.45) is 0 Å². The average molecular weight is 352 g/mol. The molecule has 4 rings (SSSR count). The lowest BCUT2D eigenvalue weighted by atomic mass is 10.1. The van der Waals surface area contributed by atoms with Crippen molar-refractivity contribution in [2.75, 3.05) is 7.05 Å². The van der Waals surface area contributed by atoms with Crippen molar-refractivity contribution in [3.05, 3.63) is 64.3 Å². The van der Waals surface area contributed by atoms with Crippen LogP contribution in [0, 0.1) is 10.1 Å². The molecule has 0 saturated carbocycles. The molecule has 0 aliphatic heterocycles. The molecule has 2 aromatic carbocycles. The zero-order valence-corrected chi connectivity index (χ0v) is 13.9. The van der Waals surface area contributed by atoms with Crippen molar-refractivity contribution in [2.45, 2.75) is 0 Å². The van der Waals surface area contributed by atoms with Crippen molar-refractivity contribution in [1.29, 1.82) is 0 Å². The van der Waals surface area contributed by atoms with Gasteiger partial charge in [-0.25, -0.2) is 4.98 Å². The van der Waals surface area contributed by atoms with Crippen molar-refractivity contribution in [3.8, 4) is 11.3 Å². The predicted octanol–water partition coefficient (Wildman–Crippen LogP) is 3.48. The number of nitrogens with one attached hydrogen (secondary N) is 1. The summed E-state index contributed by atoms with van der Waals surface area (Å²) < 4.78 is 2.74. The van der Waals surface area contributed by atoms with Crippen LogP contribution in [0.2, 0.25) is 0 Å². The van der Waals surface area contributed by atoms with Crippen LogP contribution in [0.3, 0.4) is 0 Å².